The summed E-state index contributed by atoms with van der Waals surface area (Å²) < 4.78 is 11.3. The summed E-state index contributed by atoms with van der Waals surface area (Å²) in [7, 11) is 0. The highest BCUT2D eigenvalue weighted by Gasteiger charge is 2.40. The lowest BCUT2D eigenvalue weighted by atomic mass is 9.77. The van der Waals surface area contributed by atoms with Crippen LogP contribution < -0.4 is 5.32 Å². The summed E-state index contributed by atoms with van der Waals surface area (Å²) in [6.07, 6.45) is 2.20. The van der Waals surface area contributed by atoms with Gasteiger partial charge in [0.15, 0.2) is 0 Å². The fourth-order valence-corrected chi connectivity index (χ4v) is 4.00. The van der Waals surface area contributed by atoms with E-state index < -0.39 is 0 Å². The molecule has 2 aromatic carbocycles. The molecule has 0 saturated carbocycles. The maximum absolute atomic E-state index is 12.1. The van der Waals surface area contributed by atoms with Gasteiger partial charge in [-0.05, 0) is 43.5 Å². The van der Waals surface area contributed by atoms with Gasteiger partial charge in [0.2, 0.25) is 0 Å². The number of esters is 1. The van der Waals surface area contributed by atoms with Crippen molar-refractivity contribution in [2.24, 2.45) is 5.92 Å². The SMILES string of the molecule is CCOC(=O)c1ccc2c(c1)[C@@H]1OCCC[C@@H]1[C@H](c1ccccc1)N2. The number of nitrogens with one attached hydrogen (secondary N) is 1. The highest BCUT2D eigenvalue weighted by Crippen LogP contribution is 2.49. The molecular formula is C21H23NO3. The molecule has 0 unspecified atom stereocenters. The minimum Gasteiger partial charge on any atom is -0.462 e. The van der Waals surface area contributed by atoms with Crippen molar-refractivity contribution >= 4 is 11.7 Å². The Morgan fingerprint density at radius 3 is 2.88 bits per heavy atom. The summed E-state index contributed by atoms with van der Waals surface area (Å²) in [4.78, 5) is 12.1. The Morgan fingerprint density at radius 2 is 2.08 bits per heavy atom. The van der Waals surface area contributed by atoms with Gasteiger partial charge in [-0.2, -0.15) is 0 Å². The predicted molar refractivity (Wildman–Crippen MR) is 96.6 cm³/mol. The smallest absolute Gasteiger partial charge is 0.338 e. The second kappa shape index (κ2) is 6.89. The summed E-state index contributed by atoms with van der Waals surface area (Å²) >= 11 is 0. The molecule has 0 amide bonds. The Bertz CT molecular complexity index is 759. The fourth-order valence-electron chi connectivity index (χ4n) is 4.00. The van der Waals surface area contributed by atoms with Gasteiger partial charge < -0.3 is 14.8 Å². The van der Waals surface area contributed by atoms with Crippen LogP contribution in [0.3, 0.4) is 0 Å². The van der Waals surface area contributed by atoms with E-state index in [1.54, 1.807) is 0 Å². The van der Waals surface area contributed by atoms with Gasteiger partial charge in [0.05, 0.1) is 24.3 Å². The van der Waals surface area contributed by atoms with Gasteiger partial charge in [0.1, 0.15) is 0 Å². The lowest BCUT2D eigenvalue weighted by molar-refractivity contribution is -0.0381. The summed E-state index contributed by atoms with van der Waals surface area (Å²) in [5, 5.41) is 3.68. The van der Waals surface area contributed by atoms with E-state index >= 15 is 0 Å². The Labute approximate surface area is 148 Å². The number of anilines is 1. The first-order chi connectivity index (χ1) is 12.3. The zero-order valence-electron chi connectivity index (χ0n) is 14.4. The number of ether oxygens (including phenoxy) is 2. The molecule has 2 aliphatic heterocycles. The van der Waals surface area contributed by atoms with Gasteiger partial charge in [-0.25, -0.2) is 4.79 Å². The number of fused-ring (bicyclic) bond motifs is 3. The molecular weight excluding hydrogens is 314 g/mol. The fraction of sp³-hybridized carbons (Fsp3) is 0.381. The first kappa shape index (κ1) is 16.2. The molecule has 2 aliphatic rings. The van der Waals surface area contributed by atoms with Crippen LogP contribution in [-0.2, 0) is 9.47 Å². The minimum atomic E-state index is -0.275. The molecule has 0 radical (unpaired) electrons. The van der Waals surface area contributed by atoms with Crippen LogP contribution >= 0.6 is 0 Å². The van der Waals surface area contributed by atoms with E-state index in [0.29, 0.717) is 18.1 Å². The van der Waals surface area contributed by atoms with Crippen LogP contribution in [0, 0.1) is 5.92 Å². The molecule has 0 spiro atoms. The van der Waals surface area contributed by atoms with E-state index in [9.17, 15) is 4.79 Å². The van der Waals surface area contributed by atoms with Crippen molar-refractivity contribution in [2.45, 2.75) is 31.9 Å². The van der Waals surface area contributed by atoms with Crippen LogP contribution in [-0.4, -0.2) is 19.2 Å². The lowest BCUT2D eigenvalue weighted by Gasteiger charge is -2.43. The van der Waals surface area contributed by atoms with Crippen LogP contribution in [0.2, 0.25) is 0 Å². The Morgan fingerprint density at radius 1 is 1.24 bits per heavy atom. The van der Waals surface area contributed by atoms with Crippen LogP contribution in [0.25, 0.3) is 0 Å². The number of rotatable bonds is 3. The van der Waals surface area contributed by atoms with Gasteiger partial charge >= 0.3 is 5.97 Å². The molecule has 2 heterocycles. The number of hydrogen-bond donors (Lipinski definition) is 1. The van der Waals surface area contributed by atoms with Crippen molar-refractivity contribution in [3.63, 3.8) is 0 Å². The monoisotopic (exact) mass is 337 g/mol. The molecule has 130 valence electrons. The van der Waals surface area contributed by atoms with E-state index in [1.807, 2.05) is 31.2 Å². The average molecular weight is 337 g/mol. The summed E-state index contributed by atoms with van der Waals surface area (Å²) in [5.74, 6) is 0.0870. The van der Waals surface area contributed by atoms with Crippen LogP contribution in [0.1, 0.15) is 53.4 Å². The predicted octanol–water partition coefficient (Wildman–Crippen LogP) is 4.50. The number of hydrogen-bond acceptors (Lipinski definition) is 4. The molecule has 3 atom stereocenters. The maximum atomic E-state index is 12.1. The third kappa shape index (κ3) is 3.02. The summed E-state index contributed by atoms with van der Waals surface area (Å²) in [6, 6.07) is 16.5. The molecule has 2 aromatic rings. The standard InChI is InChI=1S/C21H23NO3/c1-2-24-21(23)15-10-11-18-17(13-15)20-16(9-6-12-25-20)19(22-18)14-7-4-3-5-8-14/h3-5,7-8,10-11,13,16,19-20,22H,2,6,9,12H2,1H3/t16-,19+,20-/m1/s1. The van der Waals surface area contributed by atoms with Crippen molar-refractivity contribution in [1.82, 2.24) is 0 Å². The van der Waals surface area contributed by atoms with E-state index in [0.717, 1.165) is 30.7 Å². The summed E-state index contributed by atoms with van der Waals surface area (Å²) in [5.41, 5.74) is 3.99. The Balaban J connectivity index is 1.72. The maximum Gasteiger partial charge on any atom is 0.338 e. The highest BCUT2D eigenvalue weighted by molar-refractivity contribution is 5.90. The number of benzene rings is 2. The second-order valence-electron chi connectivity index (χ2n) is 6.65. The summed E-state index contributed by atoms with van der Waals surface area (Å²) in [6.45, 7) is 2.97. The van der Waals surface area contributed by atoms with E-state index in [2.05, 4.69) is 29.6 Å². The first-order valence-corrected chi connectivity index (χ1v) is 9.02. The molecule has 4 nitrogen and oxygen atoms in total. The first-order valence-electron chi connectivity index (χ1n) is 9.02. The molecule has 1 saturated heterocycles. The Kier molecular flexibility index (Phi) is 4.45. The second-order valence-corrected chi connectivity index (χ2v) is 6.65. The minimum absolute atomic E-state index is 0.0181. The van der Waals surface area contributed by atoms with Gasteiger partial charge in [0.25, 0.3) is 0 Å². The topological polar surface area (TPSA) is 47.6 Å². The van der Waals surface area contributed by atoms with Gasteiger partial charge in [-0.3, -0.25) is 0 Å². The van der Waals surface area contributed by atoms with Crippen molar-refractivity contribution in [1.29, 1.82) is 0 Å². The normalized spacial score (nSPS) is 24.6. The van der Waals surface area contributed by atoms with Crippen LogP contribution in [0.5, 0.6) is 0 Å². The average Bonchev–Trinajstić information content (AvgIpc) is 2.68. The van der Waals surface area contributed by atoms with Gasteiger partial charge in [-0.15, -0.1) is 0 Å². The van der Waals surface area contributed by atoms with E-state index in [1.165, 1.54) is 5.56 Å². The molecule has 0 aromatic heterocycles. The van der Waals surface area contributed by atoms with Crippen molar-refractivity contribution in [3.05, 3.63) is 65.2 Å². The van der Waals surface area contributed by atoms with Crippen molar-refractivity contribution in [2.75, 3.05) is 18.5 Å². The number of carbonyl (C=O) groups excluding carboxylic acids is 1. The molecule has 25 heavy (non-hydrogen) atoms. The van der Waals surface area contributed by atoms with E-state index in [4.69, 9.17) is 9.47 Å². The molecule has 0 aliphatic carbocycles. The van der Waals surface area contributed by atoms with Crippen LogP contribution in [0.4, 0.5) is 5.69 Å². The number of carbonyl (C=O) groups is 1. The third-order valence-corrected chi connectivity index (χ3v) is 5.14. The van der Waals surface area contributed by atoms with E-state index in [-0.39, 0.29) is 18.1 Å². The van der Waals surface area contributed by atoms with Crippen LogP contribution in [0.15, 0.2) is 48.5 Å². The van der Waals surface area contributed by atoms with Crippen molar-refractivity contribution < 1.29 is 14.3 Å². The third-order valence-electron chi connectivity index (χ3n) is 5.14. The quantitative estimate of drug-likeness (QED) is 0.838. The van der Waals surface area contributed by atoms with Crippen molar-refractivity contribution in [3.8, 4) is 0 Å². The molecule has 1 fully saturated rings. The zero-order valence-corrected chi connectivity index (χ0v) is 14.4. The molecule has 1 N–H and O–H groups in total. The molecule has 4 rings (SSSR count). The van der Waals surface area contributed by atoms with Gasteiger partial charge in [0, 0.05) is 23.8 Å². The largest absolute Gasteiger partial charge is 0.462 e. The molecule has 0 bridgehead atoms. The zero-order chi connectivity index (χ0) is 17.2. The highest BCUT2D eigenvalue weighted by atomic mass is 16.5. The van der Waals surface area contributed by atoms with Gasteiger partial charge in [-0.1, -0.05) is 30.3 Å². The lowest BCUT2D eigenvalue weighted by Crippen LogP contribution is -2.36. The molecule has 4 heteroatoms. The Hall–Kier alpha value is -2.33.